The molecule has 0 saturated carbocycles. The van der Waals surface area contributed by atoms with Gasteiger partial charge in [-0.2, -0.15) is 0 Å². The molecule has 1 atom stereocenters. The number of hydrogen-bond donors (Lipinski definition) is 2. The van der Waals surface area contributed by atoms with Crippen molar-refractivity contribution in [3.63, 3.8) is 0 Å². The van der Waals surface area contributed by atoms with E-state index in [1.54, 1.807) is 30.3 Å². The van der Waals surface area contributed by atoms with Crippen LogP contribution in [0.4, 0.5) is 5.69 Å². The maximum absolute atomic E-state index is 13.1. The minimum absolute atomic E-state index is 0.0545. The van der Waals surface area contributed by atoms with Gasteiger partial charge in [-0.15, -0.1) is 0 Å². The molecule has 0 spiro atoms. The van der Waals surface area contributed by atoms with Crippen molar-refractivity contribution < 1.29 is 22.7 Å². The molecule has 1 aliphatic heterocycles. The maximum atomic E-state index is 13.1. The molecule has 2 N–H and O–H groups in total. The van der Waals surface area contributed by atoms with Gasteiger partial charge in [0.25, 0.3) is 5.91 Å². The predicted molar refractivity (Wildman–Crippen MR) is 119 cm³/mol. The summed E-state index contributed by atoms with van der Waals surface area (Å²) < 4.78 is 39.6. The summed E-state index contributed by atoms with van der Waals surface area (Å²) in [5, 5.41) is 2.77. The van der Waals surface area contributed by atoms with Crippen LogP contribution in [0.25, 0.3) is 0 Å². The van der Waals surface area contributed by atoms with Crippen LogP contribution in [-0.4, -0.2) is 21.1 Å². The number of carbonyl (C=O) groups excluding carboxylic acids is 1. The molecule has 3 aromatic carbocycles. The van der Waals surface area contributed by atoms with Gasteiger partial charge in [-0.1, -0.05) is 30.3 Å². The van der Waals surface area contributed by atoms with Crippen molar-refractivity contribution in [1.82, 2.24) is 4.72 Å². The minimum Gasteiger partial charge on any atom is -0.454 e. The van der Waals surface area contributed by atoms with E-state index in [-0.39, 0.29) is 23.3 Å². The van der Waals surface area contributed by atoms with Crippen molar-refractivity contribution in [3.05, 3.63) is 83.4 Å². The van der Waals surface area contributed by atoms with Crippen LogP contribution in [0.15, 0.2) is 71.6 Å². The molecule has 1 heterocycles. The fraction of sp³-hybridized carbons (Fsp3) is 0.208. The zero-order valence-corrected chi connectivity index (χ0v) is 18.0. The van der Waals surface area contributed by atoms with Gasteiger partial charge in [-0.3, -0.25) is 4.79 Å². The fourth-order valence-corrected chi connectivity index (χ4v) is 5.41. The first kappa shape index (κ1) is 20.5. The Labute approximate surface area is 186 Å². The minimum atomic E-state index is -3.81. The number of fused-ring (bicyclic) bond motifs is 2. The number of carbonyl (C=O) groups is 1. The number of aryl methyl sites for hydroxylation is 1. The highest BCUT2D eigenvalue weighted by molar-refractivity contribution is 7.89. The number of anilines is 1. The second-order valence-electron chi connectivity index (χ2n) is 7.81. The Morgan fingerprint density at radius 3 is 2.69 bits per heavy atom. The molecule has 1 aliphatic carbocycles. The molecule has 0 fully saturated rings. The topological polar surface area (TPSA) is 93.7 Å². The van der Waals surface area contributed by atoms with Crippen LogP contribution in [0.2, 0.25) is 0 Å². The van der Waals surface area contributed by atoms with Crippen LogP contribution in [0.1, 0.15) is 40.4 Å². The molecule has 0 saturated heterocycles. The molecule has 5 rings (SSSR count). The monoisotopic (exact) mass is 450 g/mol. The Morgan fingerprint density at radius 1 is 0.938 bits per heavy atom. The third kappa shape index (κ3) is 4.06. The lowest BCUT2D eigenvalue weighted by molar-refractivity contribution is 0.102. The number of ether oxygens (including phenoxy) is 2. The van der Waals surface area contributed by atoms with Crippen molar-refractivity contribution in [2.45, 2.75) is 30.2 Å². The second kappa shape index (κ2) is 8.29. The van der Waals surface area contributed by atoms with Gasteiger partial charge in [0.05, 0.1) is 4.90 Å². The normalized spacial score (nSPS) is 16.9. The van der Waals surface area contributed by atoms with E-state index in [4.69, 9.17) is 9.47 Å². The quantitative estimate of drug-likeness (QED) is 0.612. The number of amides is 1. The van der Waals surface area contributed by atoms with E-state index < -0.39 is 15.9 Å². The molecule has 0 aromatic heterocycles. The van der Waals surface area contributed by atoms with Gasteiger partial charge in [-0.25, -0.2) is 13.1 Å². The molecular formula is C24H22N2O5S. The molecule has 0 bridgehead atoms. The molecule has 2 aliphatic rings. The molecular weight excluding hydrogens is 428 g/mol. The summed E-state index contributed by atoms with van der Waals surface area (Å²) in [7, 11) is -3.81. The van der Waals surface area contributed by atoms with E-state index in [0.717, 1.165) is 24.8 Å². The van der Waals surface area contributed by atoms with Crippen molar-refractivity contribution in [2.24, 2.45) is 0 Å². The molecule has 7 nitrogen and oxygen atoms in total. The zero-order valence-electron chi connectivity index (χ0n) is 17.2. The van der Waals surface area contributed by atoms with Gasteiger partial charge in [0, 0.05) is 23.4 Å². The summed E-state index contributed by atoms with van der Waals surface area (Å²) in [5.41, 5.74) is 2.96. The second-order valence-corrected chi connectivity index (χ2v) is 9.53. The molecule has 8 heteroatoms. The smallest absolute Gasteiger partial charge is 0.255 e. The molecule has 164 valence electrons. The Hall–Kier alpha value is -3.36. The van der Waals surface area contributed by atoms with Crippen molar-refractivity contribution in [3.8, 4) is 11.5 Å². The zero-order chi connectivity index (χ0) is 22.1. The van der Waals surface area contributed by atoms with Gasteiger partial charge in [-0.05, 0) is 60.7 Å². The Bertz CT molecular complexity index is 1290. The standard InChI is InChI=1S/C24H22N2O5S/c27-24(25-18-11-12-22-23(14-18)31-15-30-22)17-7-3-8-19(13-17)32(28,29)26-21-10-4-6-16-5-1-2-9-20(16)21/h1-3,5,7-9,11-14,21,26H,4,6,10,15H2,(H,25,27)/t21-/m0/s1. The Balaban J connectivity index is 1.35. The van der Waals surface area contributed by atoms with E-state index in [0.29, 0.717) is 17.2 Å². The fourth-order valence-electron chi connectivity index (χ4n) is 4.11. The van der Waals surface area contributed by atoms with E-state index in [9.17, 15) is 13.2 Å². The lowest BCUT2D eigenvalue weighted by Crippen LogP contribution is -2.31. The van der Waals surface area contributed by atoms with Crippen LogP contribution in [0.3, 0.4) is 0 Å². The Morgan fingerprint density at radius 2 is 1.78 bits per heavy atom. The summed E-state index contributed by atoms with van der Waals surface area (Å²) in [6.45, 7) is 0.144. The van der Waals surface area contributed by atoms with E-state index in [2.05, 4.69) is 10.0 Å². The maximum Gasteiger partial charge on any atom is 0.255 e. The number of hydrogen-bond acceptors (Lipinski definition) is 5. The average molecular weight is 451 g/mol. The van der Waals surface area contributed by atoms with Gasteiger partial charge in [0.1, 0.15) is 0 Å². The number of sulfonamides is 1. The lowest BCUT2D eigenvalue weighted by Gasteiger charge is -2.26. The van der Waals surface area contributed by atoms with Crippen molar-refractivity contribution >= 4 is 21.6 Å². The average Bonchev–Trinajstić information content (AvgIpc) is 3.27. The van der Waals surface area contributed by atoms with Crippen LogP contribution < -0.4 is 19.5 Å². The van der Waals surface area contributed by atoms with Gasteiger partial charge < -0.3 is 14.8 Å². The largest absolute Gasteiger partial charge is 0.454 e. The van der Waals surface area contributed by atoms with E-state index in [1.165, 1.54) is 17.7 Å². The molecule has 0 unspecified atom stereocenters. The van der Waals surface area contributed by atoms with Crippen LogP contribution >= 0.6 is 0 Å². The summed E-state index contributed by atoms with van der Waals surface area (Å²) in [5.74, 6) is 0.756. The SMILES string of the molecule is O=C(Nc1ccc2c(c1)OCO2)c1cccc(S(=O)(=O)N[C@H]2CCCc3ccccc32)c1. The van der Waals surface area contributed by atoms with Gasteiger partial charge in [0.15, 0.2) is 11.5 Å². The van der Waals surface area contributed by atoms with Crippen molar-refractivity contribution in [2.75, 3.05) is 12.1 Å². The van der Waals surface area contributed by atoms with Crippen LogP contribution in [-0.2, 0) is 16.4 Å². The van der Waals surface area contributed by atoms with E-state index >= 15 is 0 Å². The Kier molecular flexibility index (Phi) is 5.32. The summed E-state index contributed by atoms with van der Waals surface area (Å²) in [6, 6.07) is 18.7. The summed E-state index contributed by atoms with van der Waals surface area (Å²) >= 11 is 0. The highest BCUT2D eigenvalue weighted by atomic mass is 32.2. The first-order chi connectivity index (χ1) is 15.5. The van der Waals surface area contributed by atoms with Crippen LogP contribution in [0.5, 0.6) is 11.5 Å². The lowest BCUT2D eigenvalue weighted by atomic mass is 9.88. The number of benzene rings is 3. The predicted octanol–water partition coefficient (Wildman–Crippen LogP) is 4.02. The molecule has 3 aromatic rings. The van der Waals surface area contributed by atoms with Crippen molar-refractivity contribution in [1.29, 1.82) is 0 Å². The number of nitrogens with one attached hydrogen (secondary N) is 2. The molecule has 1 amide bonds. The van der Waals surface area contributed by atoms with Crippen LogP contribution in [0, 0.1) is 0 Å². The molecule has 32 heavy (non-hydrogen) atoms. The van der Waals surface area contributed by atoms with E-state index in [1.807, 2.05) is 24.3 Å². The highest BCUT2D eigenvalue weighted by Crippen LogP contribution is 2.34. The third-order valence-corrected chi connectivity index (χ3v) is 7.17. The highest BCUT2D eigenvalue weighted by Gasteiger charge is 2.26. The third-order valence-electron chi connectivity index (χ3n) is 5.70. The summed E-state index contributed by atoms with van der Waals surface area (Å²) in [6.07, 6.45) is 2.60. The van der Waals surface area contributed by atoms with Gasteiger partial charge in [0.2, 0.25) is 16.8 Å². The first-order valence-corrected chi connectivity index (χ1v) is 11.9. The summed E-state index contributed by atoms with van der Waals surface area (Å²) in [4.78, 5) is 12.8. The molecule has 0 radical (unpaired) electrons. The number of rotatable bonds is 5. The first-order valence-electron chi connectivity index (χ1n) is 10.4. The van der Waals surface area contributed by atoms with Gasteiger partial charge >= 0.3 is 0 Å².